The Hall–Kier alpha value is -1.58. The van der Waals surface area contributed by atoms with Gasteiger partial charge < -0.3 is 9.84 Å². The zero-order valence-corrected chi connectivity index (χ0v) is 7.79. The van der Waals surface area contributed by atoms with Gasteiger partial charge in [-0.05, 0) is 18.1 Å². The van der Waals surface area contributed by atoms with E-state index < -0.39 is 11.8 Å². The van der Waals surface area contributed by atoms with Crippen LogP contribution in [-0.4, -0.2) is 18.2 Å². The van der Waals surface area contributed by atoms with Crippen molar-refractivity contribution in [2.75, 3.05) is 7.11 Å². The van der Waals surface area contributed by atoms with E-state index in [9.17, 15) is 9.18 Å². The summed E-state index contributed by atoms with van der Waals surface area (Å²) in [5, 5.41) is 8.44. The zero-order chi connectivity index (χ0) is 10.6. The van der Waals surface area contributed by atoms with E-state index in [0.717, 1.165) is 0 Å². The molecule has 0 saturated carbocycles. The van der Waals surface area contributed by atoms with Gasteiger partial charge in [-0.3, -0.25) is 4.79 Å². The summed E-state index contributed by atoms with van der Waals surface area (Å²) in [6.45, 7) is 0. The van der Waals surface area contributed by atoms with E-state index in [2.05, 4.69) is 0 Å². The largest absolute Gasteiger partial charge is 0.494 e. The summed E-state index contributed by atoms with van der Waals surface area (Å²) in [4.78, 5) is 10.3. The molecule has 0 atom stereocenters. The lowest BCUT2D eigenvalue weighted by atomic mass is 10.1. The predicted octanol–water partition coefficient (Wildman–Crippen LogP) is 1.85. The second-order valence-electron chi connectivity index (χ2n) is 2.83. The second-order valence-corrected chi connectivity index (χ2v) is 2.83. The fourth-order valence-corrected chi connectivity index (χ4v) is 1.15. The highest BCUT2D eigenvalue weighted by Crippen LogP contribution is 2.20. The van der Waals surface area contributed by atoms with Crippen LogP contribution in [0.4, 0.5) is 4.39 Å². The Labute approximate surface area is 81.1 Å². The van der Waals surface area contributed by atoms with Crippen molar-refractivity contribution < 1.29 is 19.0 Å². The van der Waals surface area contributed by atoms with Crippen LogP contribution in [0.5, 0.6) is 5.75 Å². The number of benzene rings is 1. The van der Waals surface area contributed by atoms with Crippen LogP contribution in [-0.2, 0) is 11.2 Å². The third-order valence-corrected chi connectivity index (χ3v) is 1.87. The number of carboxylic acids is 1. The number of carbonyl (C=O) groups is 1. The van der Waals surface area contributed by atoms with E-state index in [1.54, 1.807) is 12.1 Å². The van der Waals surface area contributed by atoms with Crippen LogP contribution in [0.25, 0.3) is 0 Å². The molecule has 0 bridgehead atoms. The van der Waals surface area contributed by atoms with Gasteiger partial charge in [0, 0.05) is 6.42 Å². The van der Waals surface area contributed by atoms with Gasteiger partial charge >= 0.3 is 5.97 Å². The molecule has 0 aliphatic rings. The van der Waals surface area contributed by atoms with Gasteiger partial charge in [0.1, 0.15) is 0 Å². The number of carboxylic acid groups (broad SMARTS) is 1. The van der Waals surface area contributed by atoms with Gasteiger partial charge in [0.15, 0.2) is 11.6 Å². The highest BCUT2D eigenvalue weighted by molar-refractivity contribution is 5.67. The quantitative estimate of drug-likeness (QED) is 0.803. The second kappa shape index (κ2) is 4.60. The Balaban J connectivity index is 2.81. The minimum Gasteiger partial charge on any atom is -0.494 e. The zero-order valence-electron chi connectivity index (χ0n) is 7.79. The molecule has 3 nitrogen and oxygen atoms in total. The van der Waals surface area contributed by atoms with E-state index >= 15 is 0 Å². The Kier molecular flexibility index (Phi) is 3.45. The standard InChI is InChI=1S/C10H11FO3/c1-14-8-4-2-3-7(10(8)11)5-6-9(12)13/h2-4H,5-6H2,1H3,(H,12,13). The summed E-state index contributed by atoms with van der Waals surface area (Å²) in [6.07, 6.45) is 0.0997. The maximum Gasteiger partial charge on any atom is 0.303 e. The first kappa shape index (κ1) is 10.5. The van der Waals surface area contributed by atoms with E-state index in [0.29, 0.717) is 5.56 Å². The molecule has 4 heteroatoms. The lowest BCUT2D eigenvalue weighted by Gasteiger charge is -2.05. The number of aliphatic carboxylic acids is 1. The van der Waals surface area contributed by atoms with E-state index in [1.165, 1.54) is 13.2 Å². The van der Waals surface area contributed by atoms with Gasteiger partial charge in [0.25, 0.3) is 0 Å². The Morgan fingerprint density at radius 1 is 1.57 bits per heavy atom. The van der Waals surface area contributed by atoms with Crippen LogP contribution in [0.3, 0.4) is 0 Å². The van der Waals surface area contributed by atoms with Crippen LogP contribution < -0.4 is 4.74 Å². The summed E-state index contributed by atoms with van der Waals surface area (Å²) in [5.74, 6) is -1.27. The van der Waals surface area contributed by atoms with E-state index in [-0.39, 0.29) is 18.6 Å². The molecular formula is C10H11FO3. The smallest absolute Gasteiger partial charge is 0.303 e. The summed E-state index contributed by atoms with van der Waals surface area (Å²) in [7, 11) is 1.37. The van der Waals surface area contributed by atoms with Crippen molar-refractivity contribution in [3.63, 3.8) is 0 Å². The molecular weight excluding hydrogens is 187 g/mol. The molecule has 0 aromatic heterocycles. The van der Waals surface area contributed by atoms with Crippen LogP contribution in [0, 0.1) is 5.82 Å². The molecule has 0 amide bonds. The van der Waals surface area contributed by atoms with Gasteiger partial charge in [-0.2, -0.15) is 0 Å². The van der Waals surface area contributed by atoms with Crippen LogP contribution >= 0.6 is 0 Å². The fourth-order valence-electron chi connectivity index (χ4n) is 1.15. The van der Waals surface area contributed by atoms with Crippen molar-refractivity contribution >= 4 is 5.97 Å². The number of halogens is 1. The van der Waals surface area contributed by atoms with E-state index in [4.69, 9.17) is 9.84 Å². The molecule has 1 aromatic rings. The van der Waals surface area contributed by atoms with Crippen molar-refractivity contribution in [1.29, 1.82) is 0 Å². The average molecular weight is 198 g/mol. The molecule has 0 heterocycles. The average Bonchev–Trinajstić information content (AvgIpc) is 2.16. The minimum atomic E-state index is -0.938. The molecule has 14 heavy (non-hydrogen) atoms. The molecule has 0 unspecified atom stereocenters. The number of rotatable bonds is 4. The molecule has 0 spiro atoms. The molecule has 0 fully saturated rings. The summed E-state index contributed by atoms with van der Waals surface area (Å²) >= 11 is 0. The molecule has 0 saturated heterocycles. The number of aryl methyl sites for hydroxylation is 1. The third kappa shape index (κ3) is 2.45. The van der Waals surface area contributed by atoms with Crippen molar-refractivity contribution in [2.45, 2.75) is 12.8 Å². The number of hydrogen-bond donors (Lipinski definition) is 1. The SMILES string of the molecule is COc1cccc(CCC(=O)O)c1F. The molecule has 1 rings (SSSR count). The molecule has 1 N–H and O–H groups in total. The fraction of sp³-hybridized carbons (Fsp3) is 0.300. The van der Waals surface area contributed by atoms with E-state index in [1.807, 2.05) is 0 Å². The van der Waals surface area contributed by atoms with Gasteiger partial charge in [-0.1, -0.05) is 12.1 Å². The molecule has 0 aliphatic heterocycles. The van der Waals surface area contributed by atoms with Crippen molar-refractivity contribution in [1.82, 2.24) is 0 Å². The Bertz CT molecular complexity index is 336. The molecule has 76 valence electrons. The van der Waals surface area contributed by atoms with Gasteiger partial charge in [0.2, 0.25) is 0 Å². The molecule has 0 radical (unpaired) electrons. The third-order valence-electron chi connectivity index (χ3n) is 1.87. The minimum absolute atomic E-state index is 0.0793. The topological polar surface area (TPSA) is 46.5 Å². The van der Waals surface area contributed by atoms with Crippen LogP contribution in [0.2, 0.25) is 0 Å². The monoisotopic (exact) mass is 198 g/mol. The van der Waals surface area contributed by atoms with Crippen molar-refractivity contribution in [2.24, 2.45) is 0 Å². The first-order valence-electron chi connectivity index (χ1n) is 4.18. The number of ether oxygens (including phenoxy) is 1. The highest BCUT2D eigenvalue weighted by atomic mass is 19.1. The highest BCUT2D eigenvalue weighted by Gasteiger charge is 2.09. The van der Waals surface area contributed by atoms with Gasteiger partial charge in [-0.25, -0.2) is 4.39 Å². The van der Waals surface area contributed by atoms with Crippen molar-refractivity contribution in [3.8, 4) is 5.75 Å². The lowest BCUT2D eigenvalue weighted by Crippen LogP contribution is -2.00. The number of methoxy groups -OCH3 is 1. The Morgan fingerprint density at radius 2 is 2.29 bits per heavy atom. The first-order valence-corrected chi connectivity index (χ1v) is 4.18. The maximum atomic E-state index is 13.4. The van der Waals surface area contributed by atoms with Crippen LogP contribution in [0.1, 0.15) is 12.0 Å². The summed E-state index contributed by atoms with van der Waals surface area (Å²) < 4.78 is 18.2. The summed E-state index contributed by atoms with van der Waals surface area (Å²) in [5.41, 5.74) is 0.367. The molecule has 1 aromatic carbocycles. The molecule has 0 aliphatic carbocycles. The number of hydrogen-bond acceptors (Lipinski definition) is 2. The van der Waals surface area contributed by atoms with Gasteiger partial charge in [-0.15, -0.1) is 0 Å². The Morgan fingerprint density at radius 3 is 2.86 bits per heavy atom. The maximum absolute atomic E-state index is 13.4. The van der Waals surface area contributed by atoms with Crippen LogP contribution in [0.15, 0.2) is 18.2 Å². The van der Waals surface area contributed by atoms with Crippen molar-refractivity contribution in [3.05, 3.63) is 29.6 Å². The first-order chi connectivity index (χ1) is 6.65. The lowest BCUT2D eigenvalue weighted by molar-refractivity contribution is -0.136. The van der Waals surface area contributed by atoms with Gasteiger partial charge in [0.05, 0.1) is 7.11 Å². The summed E-state index contributed by atoms with van der Waals surface area (Å²) in [6, 6.07) is 4.69. The normalized spacial score (nSPS) is 9.86. The predicted molar refractivity (Wildman–Crippen MR) is 48.9 cm³/mol.